The maximum Gasteiger partial charge on any atom is 0.263 e. The van der Waals surface area contributed by atoms with Crippen LogP contribution in [0.2, 0.25) is 0 Å². The van der Waals surface area contributed by atoms with E-state index in [1.165, 1.54) is 25.9 Å². The molecule has 1 atom stereocenters. The first-order valence-corrected chi connectivity index (χ1v) is 7.29. The van der Waals surface area contributed by atoms with Gasteiger partial charge in [0.05, 0.1) is 4.88 Å². The molecule has 3 rings (SSSR count). The summed E-state index contributed by atoms with van der Waals surface area (Å²) in [4.78, 5) is 17.8. The Morgan fingerprint density at radius 2 is 2.18 bits per heavy atom. The zero-order chi connectivity index (χ0) is 11.7. The molecule has 3 nitrogen and oxygen atoms in total. The van der Waals surface area contributed by atoms with Gasteiger partial charge in [0, 0.05) is 25.7 Å². The summed E-state index contributed by atoms with van der Waals surface area (Å²) in [6.45, 7) is 4.24. The van der Waals surface area contributed by atoms with Gasteiger partial charge in [-0.3, -0.25) is 9.69 Å². The van der Waals surface area contributed by atoms with Crippen molar-refractivity contribution in [1.29, 1.82) is 0 Å². The number of fused-ring (bicyclic) bond motifs is 1. The molecule has 2 aliphatic rings. The smallest absolute Gasteiger partial charge is 0.263 e. The lowest BCUT2D eigenvalue weighted by molar-refractivity contribution is 0.0748. The lowest BCUT2D eigenvalue weighted by Crippen LogP contribution is -2.39. The molecule has 0 aliphatic carbocycles. The molecule has 0 spiro atoms. The Balaban J connectivity index is 1.72. The Hall–Kier alpha value is -0.870. The van der Waals surface area contributed by atoms with Gasteiger partial charge in [0.15, 0.2) is 0 Å². The van der Waals surface area contributed by atoms with Crippen molar-refractivity contribution >= 4 is 17.2 Å². The number of rotatable bonds is 1. The summed E-state index contributed by atoms with van der Waals surface area (Å²) in [6, 6.07) is 4.50. The topological polar surface area (TPSA) is 23.6 Å². The molecule has 2 fully saturated rings. The molecule has 0 bridgehead atoms. The van der Waals surface area contributed by atoms with Crippen LogP contribution in [-0.4, -0.2) is 47.9 Å². The fourth-order valence-electron chi connectivity index (χ4n) is 2.95. The van der Waals surface area contributed by atoms with Crippen molar-refractivity contribution in [3.63, 3.8) is 0 Å². The molecule has 4 heteroatoms. The molecule has 1 aromatic heterocycles. The largest absolute Gasteiger partial charge is 0.336 e. The van der Waals surface area contributed by atoms with Gasteiger partial charge in [-0.25, -0.2) is 0 Å². The molecule has 2 aliphatic heterocycles. The Morgan fingerprint density at radius 3 is 3.00 bits per heavy atom. The van der Waals surface area contributed by atoms with Crippen LogP contribution in [0.5, 0.6) is 0 Å². The van der Waals surface area contributed by atoms with E-state index in [0.29, 0.717) is 6.04 Å². The van der Waals surface area contributed by atoms with Crippen LogP contribution in [0.4, 0.5) is 0 Å². The minimum absolute atomic E-state index is 0.230. The second-order valence-electron chi connectivity index (χ2n) is 4.91. The van der Waals surface area contributed by atoms with Crippen LogP contribution in [0.1, 0.15) is 28.9 Å². The van der Waals surface area contributed by atoms with Crippen molar-refractivity contribution in [2.24, 2.45) is 0 Å². The normalized spacial score (nSPS) is 25.6. The third-order valence-electron chi connectivity index (χ3n) is 3.82. The van der Waals surface area contributed by atoms with Gasteiger partial charge in [-0.2, -0.15) is 0 Å². The first-order chi connectivity index (χ1) is 8.34. The fourth-order valence-corrected chi connectivity index (χ4v) is 3.64. The monoisotopic (exact) mass is 250 g/mol. The van der Waals surface area contributed by atoms with E-state index >= 15 is 0 Å². The SMILES string of the molecule is O=C(c1cccs1)N1CCCN2CCCC2C1. The van der Waals surface area contributed by atoms with E-state index in [0.717, 1.165) is 24.4 Å². The van der Waals surface area contributed by atoms with E-state index in [1.807, 2.05) is 17.5 Å². The summed E-state index contributed by atoms with van der Waals surface area (Å²) in [5.74, 6) is 0.230. The number of hydrogen-bond acceptors (Lipinski definition) is 3. The van der Waals surface area contributed by atoms with E-state index in [4.69, 9.17) is 0 Å². The maximum absolute atomic E-state index is 12.3. The maximum atomic E-state index is 12.3. The van der Waals surface area contributed by atoms with Crippen LogP contribution in [0.25, 0.3) is 0 Å². The molecule has 1 unspecified atom stereocenters. The zero-order valence-electron chi connectivity index (χ0n) is 9.97. The first kappa shape index (κ1) is 11.2. The van der Waals surface area contributed by atoms with Crippen LogP contribution in [0.3, 0.4) is 0 Å². The first-order valence-electron chi connectivity index (χ1n) is 6.41. The van der Waals surface area contributed by atoms with Crippen LogP contribution < -0.4 is 0 Å². The molecule has 0 radical (unpaired) electrons. The highest BCUT2D eigenvalue weighted by Gasteiger charge is 2.30. The number of carbonyl (C=O) groups excluding carboxylic acids is 1. The average Bonchev–Trinajstić information content (AvgIpc) is 2.96. The number of carbonyl (C=O) groups is 1. The Kier molecular flexibility index (Phi) is 3.16. The summed E-state index contributed by atoms with van der Waals surface area (Å²) in [5, 5.41) is 1.98. The number of hydrogen-bond donors (Lipinski definition) is 0. The molecule has 1 aromatic rings. The highest BCUT2D eigenvalue weighted by atomic mass is 32.1. The van der Waals surface area contributed by atoms with E-state index < -0.39 is 0 Å². The van der Waals surface area contributed by atoms with Crippen LogP contribution in [0.15, 0.2) is 17.5 Å². The van der Waals surface area contributed by atoms with Crippen LogP contribution in [0, 0.1) is 0 Å². The Bertz CT molecular complexity index is 390. The molecule has 1 amide bonds. The predicted molar refractivity (Wildman–Crippen MR) is 69.4 cm³/mol. The van der Waals surface area contributed by atoms with Gasteiger partial charge in [-0.1, -0.05) is 6.07 Å². The van der Waals surface area contributed by atoms with Gasteiger partial charge >= 0.3 is 0 Å². The second-order valence-corrected chi connectivity index (χ2v) is 5.86. The molecule has 17 heavy (non-hydrogen) atoms. The lowest BCUT2D eigenvalue weighted by Gasteiger charge is -2.25. The molecule has 0 N–H and O–H groups in total. The van der Waals surface area contributed by atoms with Crippen molar-refractivity contribution in [3.05, 3.63) is 22.4 Å². The molecule has 0 saturated carbocycles. The minimum Gasteiger partial charge on any atom is -0.336 e. The van der Waals surface area contributed by atoms with Crippen molar-refractivity contribution in [3.8, 4) is 0 Å². The van der Waals surface area contributed by atoms with E-state index in [9.17, 15) is 4.79 Å². The molecule has 2 saturated heterocycles. The van der Waals surface area contributed by atoms with Gasteiger partial charge in [-0.05, 0) is 37.3 Å². The fraction of sp³-hybridized carbons (Fsp3) is 0.615. The van der Waals surface area contributed by atoms with Crippen LogP contribution in [-0.2, 0) is 0 Å². The summed E-state index contributed by atoms with van der Waals surface area (Å²) in [5.41, 5.74) is 0. The van der Waals surface area contributed by atoms with Gasteiger partial charge in [0.2, 0.25) is 0 Å². The summed E-state index contributed by atoms with van der Waals surface area (Å²) < 4.78 is 0. The quantitative estimate of drug-likeness (QED) is 0.761. The van der Waals surface area contributed by atoms with E-state index in [-0.39, 0.29) is 5.91 Å². The summed E-state index contributed by atoms with van der Waals surface area (Å²) in [6.07, 6.45) is 3.67. The van der Waals surface area contributed by atoms with Gasteiger partial charge in [0.1, 0.15) is 0 Å². The van der Waals surface area contributed by atoms with Gasteiger partial charge in [-0.15, -0.1) is 11.3 Å². The third kappa shape index (κ3) is 2.24. The lowest BCUT2D eigenvalue weighted by atomic mass is 10.2. The highest BCUT2D eigenvalue weighted by Crippen LogP contribution is 2.23. The van der Waals surface area contributed by atoms with Gasteiger partial charge < -0.3 is 4.90 Å². The minimum atomic E-state index is 0.230. The molecule has 3 heterocycles. The summed E-state index contributed by atoms with van der Waals surface area (Å²) in [7, 11) is 0. The van der Waals surface area contributed by atoms with E-state index in [1.54, 1.807) is 11.3 Å². The van der Waals surface area contributed by atoms with E-state index in [2.05, 4.69) is 9.80 Å². The average molecular weight is 250 g/mol. The van der Waals surface area contributed by atoms with Gasteiger partial charge in [0.25, 0.3) is 5.91 Å². The third-order valence-corrected chi connectivity index (χ3v) is 4.68. The number of nitrogens with zero attached hydrogens (tertiary/aromatic N) is 2. The Morgan fingerprint density at radius 1 is 1.29 bits per heavy atom. The van der Waals surface area contributed by atoms with Crippen molar-refractivity contribution in [1.82, 2.24) is 9.80 Å². The van der Waals surface area contributed by atoms with Crippen molar-refractivity contribution in [2.75, 3.05) is 26.2 Å². The standard InChI is InChI=1S/C13H18N2OS/c16-13(12-5-2-9-17-12)15-8-3-7-14-6-1-4-11(14)10-15/h2,5,9,11H,1,3-4,6-8,10H2. The number of thiophene rings is 1. The molecule has 0 aromatic carbocycles. The van der Waals surface area contributed by atoms with Crippen molar-refractivity contribution < 1.29 is 4.79 Å². The molecule has 92 valence electrons. The molecular weight excluding hydrogens is 232 g/mol. The molecular formula is C13H18N2OS. The van der Waals surface area contributed by atoms with Crippen LogP contribution >= 0.6 is 11.3 Å². The zero-order valence-corrected chi connectivity index (χ0v) is 10.8. The number of amides is 1. The second kappa shape index (κ2) is 4.78. The summed E-state index contributed by atoms with van der Waals surface area (Å²) >= 11 is 1.55. The van der Waals surface area contributed by atoms with Crippen molar-refractivity contribution in [2.45, 2.75) is 25.3 Å². The Labute approximate surface area is 106 Å². The predicted octanol–water partition coefficient (Wildman–Crippen LogP) is 2.06. The highest BCUT2D eigenvalue weighted by molar-refractivity contribution is 7.12.